The van der Waals surface area contributed by atoms with Gasteiger partial charge in [-0.1, -0.05) is 18.2 Å². The monoisotopic (exact) mass is 345 g/mol. The van der Waals surface area contributed by atoms with Gasteiger partial charge in [0.2, 0.25) is 5.91 Å². The Hall–Kier alpha value is -3.02. The molecule has 25 heavy (non-hydrogen) atoms. The standard InChI is InChI=1S/C19H17F2NO3/c1-12(15-8-9-16(20)17(21)11-15)22-18(23)10-5-13-3-6-14(7-4-13)19(24)25-2/h3-12H,1-2H3,(H,22,23)/b10-5+. The van der Waals surface area contributed by atoms with Gasteiger partial charge in [-0.2, -0.15) is 0 Å². The summed E-state index contributed by atoms with van der Waals surface area (Å²) >= 11 is 0. The zero-order valence-corrected chi connectivity index (χ0v) is 13.8. The van der Waals surface area contributed by atoms with Crippen molar-refractivity contribution in [1.29, 1.82) is 0 Å². The summed E-state index contributed by atoms with van der Waals surface area (Å²) in [5.74, 6) is -2.71. The van der Waals surface area contributed by atoms with Crippen molar-refractivity contribution >= 4 is 18.0 Å². The van der Waals surface area contributed by atoms with Crippen LogP contribution in [0.5, 0.6) is 0 Å². The zero-order valence-electron chi connectivity index (χ0n) is 13.8. The van der Waals surface area contributed by atoms with E-state index in [0.29, 0.717) is 11.1 Å². The number of hydrogen-bond donors (Lipinski definition) is 1. The van der Waals surface area contributed by atoms with Gasteiger partial charge in [0.15, 0.2) is 11.6 Å². The van der Waals surface area contributed by atoms with Gasteiger partial charge in [-0.3, -0.25) is 4.79 Å². The van der Waals surface area contributed by atoms with Crippen LogP contribution in [0.2, 0.25) is 0 Å². The molecule has 1 amide bonds. The molecule has 0 aliphatic heterocycles. The molecular weight excluding hydrogens is 328 g/mol. The van der Waals surface area contributed by atoms with E-state index < -0.39 is 23.6 Å². The zero-order chi connectivity index (χ0) is 18.4. The highest BCUT2D eigenvalue weighted by molar-refractivity contribution is 5.92. The molecule has 1 unspecified atom stereocenters. The third kappa shape index (κ3) is 4.97. The lowest BCUT2D eigenvalue weighted by molar-refractivity contribution is -0.117. The predicted molar refractivity (Wildman–Crippen MR) is 89.7 cm³/mol. The lowest BCUT2D eigenvalue weighted by atomic mass is 10.1. The molecule has 2 rings (SSSR count). The molecular formula is C19H17F2NO3. The molecule has 2 aromatic carbocycles. The first-order valence-electron chi connectivity index (χ1n) is 7.52. The van der Waals surface area contributed by atoms with Crippen LogP contribution in [0, 0.1) is 11.6 Å². The van der Waals surface area contributed by atoms with E-state index in [-0.39, 0.29) is 5.91 Å². The second kappa shape index (κ2) is 8.19. The van der Waals surface area contributed by atoms with Gasteiger partial charge in [0, 0.05) is 6.08 Å². The molecule has 4 nitrogen and oxygen atoms in total. The van der Waals surface area contributed by atoms with Crippen molar-refractivity contribution in [2.75, 3.05) is 7.11 Å². The first-order valence-corrected chi connectivity index (χ1v) is 7.52. The molecule has 1 atom stereocenters. The summed E-state index contributed by atoms with van der Waals surface area (Å²) in [6.45, 7) is 1.67. The molecule has 0 spiro atoms. The van der Waals surface area contributed by atoms with Gasteiger partial charge in [0.1, 0.15) is 0 Å². The molecule has 6 heteroatoms. The minimum absolute atomic E-state index is 0.380. The minimum Gasteiger partial charge on any atom is -0.465 e. The Morgan fingerprint density at radius 1 is 1.08 bits per heavy atom. The van der Waals surface area contributed by atoms with Crippen LogP contribution in [0.4, 0.5) is 8.78 Å². The van der Waals surface area contributed by atoms with Crippen LogP contribution >= 0.6 is 0 Å². The first-order chi connectivity index (χ1) is 11.9. The Kier molecular flexibility index (Phi) is 6.00. The van der Waals surface area contributed by atoms with E-state index in [4.69, 9.17) is 0 Å². The molecule has 2 aromatic rings. The number of carbonyl (C=O) groups is 2. The van der Waals surface area contributed by atoms with E-state index in [1.54, 1.807) is 37.3 Å². The van der Waals surface area contributed by atoms with Crippen molar-refractivity contribution < 1.29 is 23.1 Å². The normalized spacial score (nSPS) is 12.0. The van der Waals surface area contributed by atoms with Crippen LogP contribution in [-0.4, -0.2) is 19.0 Å². The smallest absolute Gasteiger partial charge is 0.337 e. The molecule has 130 valence electrons. The van der Waals surface area contributed by atoms with Crippen molar-refractivity contribution in [2.24, 2.45) is 0 Å². The highest BCUT2D eigenvalue weighted by Gasteiger charge is 2.10. The van der Waals surface area contributed by atoms with E-state index in [0.717, 1.165) is 17.7 Å². The Morgan fingerprint density at radius 3 is 2.36 bits per heavy atom. The molecule has 0 fully saturated rings. The number of methoxy groups -OCH3 is 1. The second-order valence-corrected chi connectivity index (χ2v) is 5.35. The molecule has 0 saturated carbocycles. The van der Waals surface area contributed by atoms with E-state index in [1.807, 2.05) is 0 Å². The fraction of sp³-hybridized carbons (Fsp3) is 0.158. The molecule has 0 heterocycles. The maximum Gasteiger partial charge on any atom is 0.337 e. The first kappa shape index (κ1) is 18.3. The van der Waals surface area contributed by atoms with Gasteiger partial charge < -0.3 is 10.1 Å². The van der Waals surface area contributed by atoms with Crippen LogP contribution in [0.25, 0.3) is 6.08 Å². The van der Waals surface area contributed by atoms with Crippen LogP contribution < -0.4 is 5.32 Å². The Labute approximate surface area is 144 Å². The van der Waals surface area contributed by atoms with Crippen molar-refractivity contribution in [1.82, 2.24) is 5.32 Å². The number of halogens is 2. The number of carbonyl (C=O) groups excluding carboxylic acids is 2. The van der Waals surface area contributed by atoms with Crippen LogP contribution in [0.3, 0.4) is 0 Å². The predicted octanol–water partition coefficient (Wildman–Crippen LogP) is 3.64. The summed E-state index contributed by atoms with van der Waals surface area (Å²) in [7, 11) is 1.30. The summed E-state index contributed by atoms with van der Waals surface area (Å²) in [4.78, 5) is 23.3. The molecule has 0 aromatic heterocycles. The summed E-state index contributed by atoms with van der Waals surface area (Å²) < 4.78 is 30.8. The van der Waals surface area contributed by atoms with E-state index >= 15 is 0 Å². The van der Waals surface area contributed by atoms with Crippen molar-refractivity contribution in [2.45, 2.75) is 13.0 Å². The fourth-order valence-electron chi connectivity index (χ4n) is 2.15. The van der Waals surface area contributed by atoms with Gasteiger partial charge in [-0.25, -0.2) is 13.6 Å². The molecule has 0 radical (unpaired) electrons. The number of hydrogen-bond acceptors (Lipinski definition) is 3. The Bertz CT molecular complexity index is 801. The van der Waals surface area contributed by atoms with E-state index in [2.05, 4.69) is 10.1 Å². The quantitative estimate of drug-likeness (QED) is 0.665. The highest BCUT2D eigenvalue weighted by Crippen LogP contribution is 2.16. The van der Waals surface area contributed by atoms with Gasteiger partial charge in [0.25, 0.3) is 0 Å². The van der Waals surface area contributed by atoms with Crippen molar-refractivity contribution in [3.05, 3.63) is 76.9 Å². The van der Waals surface area contributed by atoms with Gasteiger partial charge in [-0.05, 0) is 48.4 Å². The molecule has 0 aliphatic carbocycles. The molecule has 0 aliphatic rings. The van der Waals surface area contributed by atoms with E-state index in [1.165, 1.54) is 19.3 Å². The van der Waals surface area contributed by atoms with Crippen molar-refractivity contribution in [3.8, 4) is 0 Å². The largest absolute Gasteiger partial charge is 0.465 e. The Morgan fingerprint density at radius 2 is 1.76 bits per heavy atom. The lowest BCUT2D eigenvalue weighted by Gasteiger charge is -2.13. The van der Waals surface area contributed by atoms with E-state index in [9.17, 15) is 18.4 Å². The summed E-state index contributed by atoms with van der Waals surface area (Å²) in [6, 6.07) is 9.54. The third-order valence-electron chi connectivity index (χ3n) is 3.56. The number of rotatable bonds is 5. The maximum atomic E-state index is 13.2. The average Bonchev–Trinajstić information content (AvgIpc) is 2.62. The molecule has 0 bridgehead atoms. The molecule has 1 N–H and O–H groups in total. The van der Waals surface area contributed by atoms with Crippen LogP contribution in [0.15, 0.2) is 48.5 Å². The number of esters is 1. The number of ether oxygens (including phenoxy) is 1. The summed E-state index contributed by atoms with van der Waals surface area (Å²) in [5.41, 5.74) is 1.60. The van der Waals surface area contributed by atoms with Crippen LogP contribution in [0.1, 0.15) is 34.5 Å². The number of benzene rings is 2. The maximum absolute atomic E-state index is 13.2. The lowest BCUT2D eigenvalue weighted by Crippen LogP contribution is -2.24. The van der Waals surface area contributed by atoms with Gasteiger partial charge in [0.05, 0.1) is 18.7 Å². The van der Waals surface area contributed by atoms with Crippen molar-refractivity contribution in [3.63, 3.8) is 0 Å². The second-order valence-electron chi connectivity index (χ2n) is 5.35. The number of nitrogens with one attached hydrogen (secondary N) is 1. The van der Waals surface area contributed by atoms with Gasteiger partial charge in [-0.15, -0.1) is 0 Å². The average molecular weight is 345 g/mol. The topological polar surface area (TPSA) is 55.4 Å². The summed E-state index contributed by atoms with van der Waals surface area (Å²) in [6.07, 6.45) is 2.90. The fourth-order valence-corrected chi connectivity index (χ4v) is 2.15. The third-order valence-corrected chi connectivity index (χ3v) is 3.56. The molecule has 0 saturated heterocycles. The van der Waals surface area contributed by atoms with Crippen LogP contribution in [-0.2, 0) is 9.53 Å². The summed E-state index contributed by atoms with van der Waals surface area (Å²) in [5, 5.41) is 2.66. The highest BCUT2D eigenvalue weighted by atomic mass is 19.2. The number of amides is 1. The van der Waals surface area contributed by atoms with Gasteiger partial charge >= 0.3 is 5.97 Å². The minimum atomic E-state index is -0.958. The SMILES string of the molecule is COC(=O)c1ccc(/C=C/C(=O)NC(C)c2ccc(F)c(F)c2)cc1. The Balaban J connectivity index is 1.97.